The van der Waals surface area contributed by atoms with E-state index in [4.69, 9.17) is 0 Å². The Kier molecular flexibility index (Phi) is 2.25. The summed E-state index contributed by atoms with van der Waals surface area (Å²) < 4.78 is 0. The number of fused-ring (bicyclic) bond motifs is 1. The van der Waals surface area contributed by atoms with Crippen molar-refractivity contribution in [3.63, 3.8) is 0 Å². The number of carbonyl (C=O) groups is 2. The quantitative estimate of drug-likeness (QED) is 0.519. The molecule has 0 spiro atoms. The van der Waals surface area contributed by atoms with Crippen LogP contribution in [-0.2, 0) is 4.79 Å². The lowest BCUT2D eigenvalue weighted by Crippen LogP contribution is -2.16. The number of ketones is 2. The normalized spacial score (nSPS) is 14.4. The van der Waals surface area contributed by atoms with Crippen LogP contribution in [-0.4, -0.2) is 17.8 Å². The minimum atomic E-state index is -0.434. The molecule has 2 rings (SSSR count). The van der Waals surface area contributed by atoms with E-state index in [9.17, 15) is 9.59 Å². The predicted octanol–water partition coefficient (Wildman–Crippen LogP) is 2.19. The van der Waals surface area contributed by atoms with Gasteiger partial charge < -0.3 is 0 Å². The smallest absolute Gasteiger partial charge is 0.233 e. The third-order valence-corrected chi connectivity index (χ3v) is 2.87. The van der Waals surface area contributed by atoms with Crippen LogP contribution in [0.3, 0.4) is 0 Å². The molecule has 2 nitrogen and oxygen atoms in total. The zero-order chi connectivity index (χ0) is 10.1. The molecule has 0 heterocycles. The number of allylic oxidation sites excluding steroid dienone is 1. The van der Waals surface area contributed by atoms with Gasteiger partial charge in [-0.25, -0.2) is 0 Å². The molecule has 0 N–H and O–H groups in total. The van der Waals surface area contributed by atoms with Gasteiger partial charge in [-0.05, 0) is 30.0 Å². The Balaban J connectivity index is 2.59. The third kappa shape index (κ3) is 1.40. The summed E-state index contributed by atoms with van der Waals surface area (Å²) in [4.78, 5) is 23.6. The van der Waals surface area contributed by atoms with Crippen molar-refractivity contribution in [3.8, 4) is 0 Å². The van der Waals surface area contributed by atoms with E-state index in [0.29, 0.717) is 5.56 Å². The van der Waals surface area contributed by atoms with E-state index in [1.807, 2.05) is 18.4 Å². The molecule has 1 aromatic rings. The Morgan fingerprint density at radius 3 is 2.64 bits per heavy atom. The zero-order valence-electron chi connectivity index (χ0n) is 7.61. The van der Waals surface area contributed by atoms with Gasteiger partial charge in [0.15, 0.2) is 0 Å². The standard InChI is InChI=1S/C11H8O2S/c1-14-8-4-2-7-3-5-10(12)11(13)9(7)6-8/h2-6H,1H3. The maximum Gasteiger partial charge on any atom is 0.233 e. The fraction of sp³-hybridized carbons (Fsp3) is 0.0909. The van der Waals surface area contributed by atoms with E-state index in [1.54, 1.807) is 23.9 Å². The fourth-order valence-corrected chi connectivity index (χ4v) is 1.82. The van der Waals surface area contributed by atoms with Gasteiger partial charge in [0, 0.05) is 10.5 Å². The van der Waals surface area contributed by atoms with E-state index in [0.717, 1.165) is 10.5 Å². The molecule has 0 unspecified atom stereocenters. The second kappa shape index (κ2) is 3.42. The molecule has 70 valence electrons. The SMILES string of the molecule is CSc1ccc2c(c1)C(=O)C(=O)C=C2. The van der Waals surface area contributed by atoms with Crippen LogP contribution in [0.5, 0.6) is 0 Å². The molecular formula is C11H8O2S. The Bertz CT molecular complexity index is 447. The summed E-state index contributed by atoms with van der Waals surface area (Å²) in [6.45, 7) is 0. The first-order valence-corrected chi connectivity index (χ1v) is 5.39. The van der Waals surface area contributed by atoms with Gasteiger partial charge in [0.25, 0.3) is 0 Å². The van der Waals surface area contributed by atoms with E-state index >= 15 is 0 Å². The molecule has 0 amide bonds. The molecule has 0 saturated carbocycles. The summed E-state index contributed by atoms with van der Waals surface area (Å²) in [7, 11) is 0. The number of thioether (sulfide) groups is 1. The van der Waals surface area contributed by atoms with Crippen LogP contribution in [0.15, 0.2) is 29.2 Å². The molecule has 1 aromatic carbocycles. The maximum atomic E-state index is 11.5. The van der Waals surface area contributed by atoms with Gasteiger partial charge in [0.2, 0.25) is 11.6 Å². The first-order chi connectivity index (χ1) is 6.72. The summed E-state index contributed by atoms with van der Waals surface area (Å²) in [6.07, 6.45) is 4.94. The molecule has 0 aliphatic heterocycles. The highest BCUT2D eigenvalue weighted by Crippen LogP contribution is 2.23. The van der Waals surface area contributed by atoms with Gasteiger partial charge in [-0.2, -0.15) is 0 Å². The van der Waals surface area contributed by atoms with Crippen LogP contribution in [0.2, 0.25) is 0 Å². The summed E-state index contributed by atoms with van der Waals surface area (Å²) in [5.74, 6) is -0.839. The molecule has 0 bridgehead atoms. The van der Waals surface area contributed by atoms with Gasteiger partial charge in [-0.15, -0.1) is 11.8 Å². The molecule has 1 aliphatic carbocycles. The summed E-state index contributed by atoms with van der Waals surface area (Å²) in [6, 6.07) is 5.57. The van der Waals surface area contributed by atoms with Gasteiger partial charge in [-0.1, -0.05) is 12.1 Å². The Morgan fingerprint density at radius 1 is 1.14 bits per heavy atom. The van der Waals surface area contributed by atoms with Crippen molar-refractivity contribution < 1.29 is 9.59 Å². The molecule has 1 aliphatic rings. The van der Waals surface area contributed by atoms with E-state index in [-0.39, 0.29) is 0 Å². The monoisotopic (exact) mass is 204 g/mol. The number of hydrogen-bond acceptors (Lipinski definition) is 3. The zero-order valence-corrected chi connectivity index (χ0v) is 8.43. The van der Waals surface area contributed by atoms with Crippen LogP contribution in [0, 0.1) is 0 Å². The van der Waals surface area contributed by atoms with Gasteiger partial charge >= 0.3 is 0 Å². The number of benzene rings is 1. The lowest BCUT2D eigenvalue weighted by atomic mass is 9.96. The van der Waals surface area contributed by atoms with Crippen LogP contribution in [0.1, 0.15) is 15.9 Å². The number of carbonyl (C=O) groups excluding carboxylic acids is 2. The highest BCUT2D eigenvalue weighted by atomic mass is 32.2. The van der Waals surface area contributed by atoms with Crippen molar-refractivity contribution in [2.45, 2.75) is 4.90 Å². The molecule has 0 fully saturated rings. The molecule has 0 radical (unpaired) electrons. The summed E-state index contributed by atoms with van der Waals surface area (Å²) >= 11 is 1.56. The van der Waals surface area contributed by atoms with Crippen LogP contribution in [0.25, 0.3) is 6.08 Å². The van der Waals surface area contributed by atoms with Gasteiger partial charge in [0.05, 0.1) is 0 Å². The van der Waals surface area contributed by atoms with E-state index < -0.39 is 11.6 Å². The van der Waals surface area contributed by atoms with Gasteiger partial charge in [0.1, 0.15) is 0 Å². The minimum Gasteiger partial charge on any atom is -0.286 e. The van der Waals surface area contributed by atoms with Crippen LogP contribution in [0.4, 0.5) is 0 Å². The first kappa shape index (κ1) is 9.21. The van der Waals surface area contributed by atoms with Crippen LogP contribution < -0.4 is 0 Å². The van der Waals surface area contributed by atoms with Crippen molar-refractivity contribution in [2.24, 2.45) is 0 Å². The first-order valence-electron chi connectivity index (χ1n) is 4.17. The second-order valence-electron chi connectivity index (χ2n) is 2.98. The van der Waals surface area contributed by atoms with Crippen LogP contribution >= 0.6 is 11.8 Å². The Morgan fingerprint density at radius 2 is 1.93 bits per heavy atom. The lowest BCUT2D eigenvalue weighted by molar-refractivity contribution is -0.110. The van der Waals surface area contributed by atoms with Crippen molar-refractivity contribution in [3.05, 3.63) is 35.4 Å². The topological polar surface area (TPSA) is 34.1 Å². The average molecular weight is 204 g/mol. The average Bonchev–Trinajstić information content (AvgIpc) is 2.23. The molecule has 3 heteroatoms. The third-order valence-electron chi connectivity index (χ3n) is 2.14. The molecule has 14 heavy (non-hydrogen) atoms. The maximum absolute atomic E-state index is 11.5. The second-order valence-corrected chi connectivity index (χ2v) is 3.86. The number of rotatable bonds is 1. The van der Waals surface area contributed by atoms with E-state index in [2.05, 4.69) is 0 Å². The molecule has 0 atom stereocenters. The summed E-state index contributed by atoms with van der Waals surface area (Å²) in [5, 5.41) is 0. The van der Waals surface area contributed by atoms with Crippen molar-refractivity contribution in [1.82, 2.24) is 0 Å². The van der Waals surface area contributed by atoms with E-state index in [1.165, 1.54) is 6.08 Å². The fourth-order valence-electron chi connectivity index (χ4n) is 1.38. The molecule has 0 saturated heterocycles. The largest absolute Gasteiger partial charge is 0.286 e. The number of hydrogen-bond donors (Lipinski definition) is 0. The minimum absolute atomic E-state index is 0.404. The Hall–Kier alpha value is -1.35. The van der Waals surface area contributed by atoms with Crippen molar-refractivity contribution in [2.75, 3.05) is 6.26 Å². The number of Topliss-reactive ketones (excluding diaryl/α,β-unsaturated/α-hetero) is 1. The Labute approximate surface area is 86.0 Å². The highest BCUT2D eigenvalue weighted by Gasteiger charge is 2.20. The van der Waals surface area contributed by atoms with Crippen molar-refractivity contribution >= 4 is 29.4 Å². The highest BCUT2D eigenvalue weighted by molar-refractivity contribution is 7.98. The lowest BCUT2D eigenvalue weighted by Gasteiger charge is -2.09. The van der Waals surface area contributed by atoms with Crippen molar-refractivity contribution in [1.29, 1.82) is 0 Å². The summed E-state index contributed by atoms with van der Waals surface area (Å²) in [5.41, 5.74) is 1.34. The predicted molar refractivity (Wildman–Crippen MR) is 56.6 cm³/mol. The van der Waals surface area contributed by atoms with Gasteiger partial charge in [-0.3, -0.25) is 9.59 Å². The molecular weight excluding hydrogens is 196 g/mol. The molecule has 0 aromatic heterocycles.